The van der Waals surface area contributed by atoms with Crippen LogP contribution in [0, 0.1) is 6.92 Å². The van der Waals surface area contributed by atoms with Crippen molar-refractivity contribution >= 4 is 34.1 Å². The van der Waals surface area contributed by atoms with E-state index < -0.39 is 11.7 Å². The van der Waals surface area contributed by atoms with E-state index in [2.05, 4.69) is 16.0 Å². The number of fused-ring (bicyclic) bond motifs is 1. The Morgan fingerprint density at radius 1 is 1.04 bits per heavy atom. The molecule has 0 bridgehead atoms. The molecule has 0 unspecified atom stereocenters. The molecule has 3 aromatic rings. The molecule has 0 aliphatic carbocycles. The fourth-order valence-corrected chi connectivity index (χ4v) is 2.62. The molecule has 3 rings (SSSR count). The first-order valence-corrected chi connectivity index (χ1v) is 8.03. The van der Waals surface area contributed by atoms with E-state index in [9.17, 15) is 9.59 Å². The Kier molecular flexibility index (Phi) is 4.70. The first kappa shape index (κ1) is 16.6. The first-order valence-electron chi connectivity index (χ1n) is 8.03. The van der Waals surface area contributed by atoms with Crippen LogP contribution in [0.4, 0.5) is 21.9 Å². The Bertz CT molecular complexity index is 979. The standard InChI is InChI=1S/C19H19N3O3/c1-3-20-16-14-9-4-5-10-15(14)25-18(23)17(16)22-19(24)21-13-8-6-7-12(2)11-13/h4-11,20H,3H2,1-2H3,(H2,21,22,24). The summed E-state index contributed by atoms with van der Waals surface area (Å²) in [6.07, 6.45) is 0. The lowest BCUT2D eigenvalue weighted by atomic mass is 10.2. The number of anilines is 3. The summed E-state index contributed by atoms with van der Waals surface area (Å²) < 4.78 is 5.31. The summed E-state index contributed by atoms with van der Waals surface area (Å²) in [5.41, 5.74) is 2.17. The monoisotopic (exact) mass is 337 g/mol. The SMILES string of the molecule is CCNc1c(NC(=O)Nc2cccc(C)c2)c(=O)oc2ccccc12. The number of rotatable bonds is 4. The van der Waals surface area contributed by atoms with E-state index in [4.69, 9.17) is 4.42 Å². The van der Waals surface area contributed by atoms with Gasteiger partial charge in [-0.1, -0.05) is 24.3 Å². The maximum atomic E-state index is 12.3. The van der Waals surface area contributed by atoms with Gasteiger partial charge in [-0.15, -0.1) is 0 Å². The van der Waals surface area contributed by atoms with Gasteiger partial charge in [0, 0.05) is 17.6 Å². The molecule has 0 saturated heterocycles. The van der Waals surface area contributed by atoms with Crippen molar-refractivity contribution in [2.24, 2.45) is 0 Å². The van der Waals surface area contributed by atoms with Crippen molar-refractivity contribution in [3.8, 4) is 0 Å². The van der Waals surface area contributed by atoms with Crippen molar-refractivity contribution < 1.29 is 9.21 Å². The lowest BCUT2D eigenvalue weighted by molar-refractivity contribution is 0.262. The van der Waals surface area contributed by atoms with Gasteiger partial charge in [0.15, 0.2) is 5.69 Å². The van der Waals surface area contributed by atoms with Gasteiger partial charge in [-0.2, -0.15) is 0 Å². The molecule has 6 nitrogen and oxygen atoms in total. The van der Waals surface area contributed by atoms with E-state index in [1.54, 1.807) is 18.2 Å². The molecule has 2 aromatic carbocycles. The molecule has 3 N–H and O–H groups in total. The zero-order valence-corrected chi connectivity index (χ0v) is 14.1. The van der Waals surface area contributed by atoms with Crippen molar-refractivity contribution in [1.82, 2.24) is 0 Å². The molecular weight excluding hydrogens is 318 g/mol. The Labute approximate surface area is 144 Å². The minimum absolute atomic E-state index is 0.0886. The minimum Gasteiger partial charge on any atom is -0.421 e. The number of amides is 2. The van der Waals surface area contributed by atoms with Crippen molar-refractivity contribution in [2.75, 3.05) is 22.5 Å². The number of hydrogen-bond donors (Lipinski definition) is 3. The molecule has 0 saturated carbocycles. The van der Waals surface area contributed by atoms with Crippen molar-refractivity contribution in [1.29, 1.82) is 0 Å². The highest BCUT2D eigenvalue weighted by Gasteiger charge is 2.16. The average molecular weight is 337 g/mol. The van der Waals surface area contributed by atoms with Gasteiger partial charge in [0.25, 0.3) is 0 Å². The second kappa shape index (κ2) is 7.09. The molecule has 0 fully saturated rings. The third-order valence-corrected chi connectivity index (χ3v) is 3.68. The summed E-state index contributed by atoms with van der Waals surface area (Å²) in [5, 5.41) is 9.19. The molecule has 128 valence electrons. The average Bonchev–Trinajstić information content (AvgIpc) is 2.58. The Hall–Kier alpha value is -3.28. The summed E-state index contributed by atoms with van der Waals surface area (Å²) in [4.78, 5) is 24.6. The van der Waals surface area contributed by atoms with Crippen molar-refractivity contribution in [3.63, 3.8) is 0 Å². The number of carbonyl (C=O) groups excluding carboxylic acids is 1. The topological polar surface area (TPSA) is 83.4 Å². The van der Waals surface area contributed by atoms with Gasteiger partial charge in [0.2, 0.25) is 0 Å². The lowest BCUT2D eigenvalue weighted by Crippen LogP contribution is -2.24. The number of carbonyl (C=O) groups is 1. The van der Waals surface area contributed by atoms with Crippen LogP contribution >= 0.6 is 0 Å². The molecular formula is C19H19N3O3. The Morgan fingerprint density at radius 3 is 2.60 bits per heavy atom. The van der Waals surface area contributed by atoms with E-state index in [1.807, 2.05) is 44.2 Å². The van der Waals surface area contributed by atoms with Crippen molar-refractivity contribution in [3.05, 3.63) is 64.5 Å². The molecule has 0 atom stereocenters. The van der Waals surface area contributed by atoms with E-state index in [0.29, 0.717) is 23.5 Å². The van der Waals surface area contributed by atoms with E-state index in [1.165, 1.54) is 0 Å². The van der Waals surface area contributed by atoms with Gasteiger partial charge in [-0.25, -0.2) is 9.59 Å². The van der Waals surface area contributed by atoms with Crippen LogP contribution in [0.15, 0.2) is 57.7 Å². The molecule has 0 aliphatic rings. The predicted molar refractivity (Wildman–Crippen MR) is 100 cm³/mol. The van der Waals surface area contributed by atoms with E-state index >= 15 is 0 Å². The lowest BCUT2D eigenvalue weighted by Gasteiger charge is -2.14. The van der Waals surface area contributed by atoms with E-state index in [-0.39, 0.29) is 5.69 Å². The Balaban J connectivity index is 1.94. The second-order valence-corrected chi connectivity index (χ2v) is 5.61. The number of nitrogens with one attached hydrogen (secondary N) is 3. The van der Waals surface area contributed by atoms with Gasteiger partial charge >= 0.3 is 11.7 Å². The van der Waals surface area contributed by atoms with Crippen LogP contribution in [0.2, 0.25) is 0 Å². The summed E-state index contributed by atoms with van der Waals surface area (Å²) >= 11 is 0. The van der Waals surface area contributed by atoms with Crippen LogP contribution < -0.4 is 21.6 Å². The maximum absolute atomic E-state index is 12.3. The summed E-state index contributed by atoms with van der Waals surface area (Å²) in [7, 11) is 0. The molecule has 2 amide bonds. The van der Waals surface area contributed by atoms with Gasteiger partial charge in [0.1, 0.15) is 5.58 Å². The second-order valence-electron chi connectivity index (χ2n) is 5.61. The smallest absolute Gasteiger partial charge is 0.362 e. The molecule has 6 heteroatoms. The highest BCUT2D eigenvalue weighted by atomic mass is 16.4. The third-order valence-electron chi connectivity index (χ3n) is 3.68. The number of aryl methyl sites for hydroxylation is 1. The van der Waals surface area contributed by atoms with Gasteiger partial charge in [-0.3, -0.25) is 5.32 Å². The van der Waals surface area contributed by atoms with Gasteiger partial charge < -0.3 is 15.1 Å². The molecule has 0 radical (unpaired) electrons. The zero-order chi connectivity index (χ0) is 17.8. The third kappa shape index (κ3) is 3.63. The largest absolute Gasteiger partial charge is 0.421 e. The van der Waals surface area contributed by atoms with Gasteiger partial charge in [0.05, 0.1) is 5.69 Å². The van der Waals surface area contributed by atoms with Crippen LogP contribution in [0.25, 0.3) is 11.0 Å². The highest BCUT2D eigenvalue weighted by Crippen LogP contribution is 2.28. The first-order chi connectivity index (χ1) is 12.1. The number of benzene rings is 2. The highest BCUT2D eigenvalue weighted by molar-refractivity contribution is 6.05. The number of hydrogen-bond acceptors (Lipinski definition) is 4. The number of para-hydroxylation sites is 1. The summed E-state index contributed by atoms with van der Waals surface area (Å²) in [5.74, 6) is 0. The van der Waals surface area contributed by atoms with Crippen LogP contribution in [0.1, 0.15) is 12.5 Å². The van der Waals surface area contributed by atoms with Crippen molar-refractivity contribution in [2.45, 2.75) is 13.8 Å². The maximum Gasteiger partial charge on any atom is 0.362 e. The summed E-state index contributed by atoms with van der Waals surface area (Å²) in [6.45, 7) is 4.45. The molecule has 1 aromatic heterocycles. The quantitative estimate of drug-likeness (QED) is 0.624. The Morgan fingerprint density at radius 2 is 1.84 bits per heavy atom. The zero-order valence-electron chi connectivity index (χ0n) is 14.1. The van der Waals surface area contributed by atoms with E-state index in [0.717, 1.165) is 10.9 Å². The molecule has 0 aliphatic heterocycles. The van der Waals surface area contributed by atoms with Crippen LogP contribution in [-0.2, 0) is 0 Å². The predicted octanol–water partition coefficient (Wildman–Crippen LogP) is 4.18. The molecule has 25 heavy (non-hydrogen) atoms. The fourth-order valence-electron chi connectivity index (χ4n) is 2.62. The fraction of sp³-hybridized carbons (Fsp3) is 0.158. The molecule has 1 heterocycles. The van der Waals surface area contributed by atoms with Crippen LogP contribution in [-0.4, -0.2) is 12.6 Å². The van der Waals surface area contributed by atoms with Gasteiger partial charge in [-0.05, 0) is 43.7 Å². The normalized spacial score (nSPS) is 10.5. The van der Waals surface area contributed by atoms with Crippen LogP contribution in [0.3, 0.4) is 0 Å². The molecule has 0 spiro atoms. The van der Waals surface area contributed by atoms with Crippen LogP contribution in [0.5, 0.6) is 0 Å². The summed E-state index contributed by atoms with van der Waals surface area (Å²) in [6, 6.07) is 14.1. The number of urea groups is 1. The minimum atomic E-state index is -0.603.